The number of carbonyl (C=O) groups excluding carboxylic acids is 1. The third-order valence-corrected chi connectivity index (χ3v) is 2.81. The third kappa shape index (κ3) is 6.72. The van der Waals surface area contributed by atoms with Crippen LogP contribution in [0.15, 0.2) is 24.4 Å². The van der Waals surface area contributed by atoms with E-state index in [9.17, 15) is 9.59 Å². The van der Waals surface area contributed by atoms with Gasteiger partial charge in [0, 0.05) is 36.8 Å². The third-order valence-electron chi connectivity index (χ3n) is 2.81. The number of carboxylic acid groups (broad SMARTS) is 1. The number of aliphatic carboxylic acids is 1. The monoisotopic (exact) mass is 279 g/mol. The summed E-state index contributed by atoms with van der Waals surface area (Å²) in [5.74, 6) is -0.865. The van der Waals surface area contributed by atoms with Crippen LogP contribution >= 0.6 is 0 Å². The normalized spacial score (nSPS) is 10.9. The first-order chi connectivity index (χ1) is 9.39. The van der Waals surface area contributed by atoms with Crippen molar-refractivity contribution in [2.45, 2.75) is 38.6 Å². The maximum Gasteiger partial charge on any atom is 0.315 e. The number of amides is 2. The molecule has 0 bridgehead atoms. The van der Waals surface area contributed by atoms with E-state index < -0.39 is 11.5 Å². The zero-order chi connectivity index (χ0) is 15.0. The molecule has 0 aliphatic rings. The molecular weight excluding hydrogens is 258 g/mol. The Balaban J connectivity index is 2.27. The zero-order valence-corrected chi connectivity index (χ0v) is 11.8. The number of urea groups is 1. The minimum absolute atomic E-state index is 0.0290. The lowest BCUT2D eigenvalue weighted by atomic mass is 9.99. The van der Waals surface area contributed by atoms with E-state index in [0.717, 1.165) is 5.69 Å². The molecule has 0 atom stereocenters. The van der Waals surface area contributed by atoms with Gasteiger partial charge in [0.15, 0.2) is 0 Å². The second kappa shape index (κ2) is 7.47. The molecular formula is C14H21N3O3. The van der Waals surface area contributed by atoms with E-state index in [4.69, 9.17) is 5.11 Å². The van der Waals surface area contributed by atoms with E-state index in [1.165, 1.54) is 0 Å². The first-order valence-electron chi connectivity index (χ1n) is 6.57. The standard InChI is InChI=1S/C14H21N3O3/c1-14(2,8-6-12(18)19)17-13(20)16-10-7-11-5-3-4-9-15-11/h3-5,9H,6-8,10H2,1-2H3,(H,18,19)(H2,16,17,20). The fourth-order valence-electron chi connectivity index (χ4n) is 1.68. The summed E-state index contributed by atoms with van der Waals surface area (Å²) >= 11 is 0. The average molecular weight is 279 g/mol. The highest BCUT2D eigenvalue weighted by Crippen LogP contribution is 2.10. The lowest BCUT2D eigenvalue weighted by molar-refractivity contribution is -0.137. The van der Waals surface area contributed by atoms with Gasteiger partial charge < -0.3 is 15.7 Å². The molecule has 20 heavy (non-hydrogen) atoms. The van der Waals surface area contributed by atoms with Crippen LogP contribution in [0.25, 0.3) is 0 Å². The number of nitrogens with one attached hydrogen (secondary N) is 2. The van der Waals surface area contributed by atoms with Crippen LogP contribution in [0, 0.1) is 0 Å². The molecule has 0 aliphatic heterocycles. The first-order valence-corrected chi connectivity index (χ1v) is 6.57. The van der Waals surface area contributed by atoms with Gasteiger partial charge in [0.1, 0.15) is 0 Å². The molecule has 6 nitrogen and oxygen atoms in total. The molecule has 0 saturated heterocycles. The van der Waals surface area contributed by atoms with Gasteiger partial charge in [-0.1, -0.05) is 6.07 Å². The van der Waals surface area contributed by atoms with Gasteiger partial charge in [-0.05, 0) is 32.4 Å². The maximum atomic E-state index is 11.7. The quantitative estimate of drug-likeness (QED) is 0.706. The van der Waals surface area contributed by atoms with Crippen LogP contribution in [0.4, 0.5) is 4.79 Å². The summed E-state index contributed by atoms with van der Waals surface area (Å²) in [5.41, 5.74) is 0.367. The highest BCUT2D eigenvalue weighted by atomic mass is 16.4. The van der Waals surface area contributed by atoms with Crippen molar-refractivity contribution in [3.05, 3.63) is 30.1 Å². The lowest BCUT2D eigenvalue weighted by Crippen LogP contribution is -2.48. The Morgan fingerprint density at radius 1 is 1.35 bits per heavy atom. The van der Waals surface area contributed by atoms with Crippen LogP contribution in [-0.4, -0.2) is 34.2 Å². The number of nitrogens with zero attached hydrogens (tertiary/aromatic N) is 1. The van der Waals surface area contributed by atoms with Crippen LogP contribution in [0.3, 0.4) is 0 Å². The van der Waals surface area contributed by atoms with Crippen molar-refractivity contribution in [1.29, 1.82) is 0 Å². The summed E-state index contributed by atoms with van der Waals surface area (Å²) in [6.45, 7) is 4.08. The molecule has 1 aromatic heterocycles. The molecule has 110 valence electrons. The molecule has 1 rings (SSSR count). The number of carbonyl (C=O) groups is 2. The first kappa shape index (κ1) is 15.9. The smallest absolute Gasteiger partial charge is 0.315 e. The number of pyridine rings is 1. The summed E-state index contributed by atoms with van der Waals surface area (Å²) in [4.78, 5) is 26.4. The number of carboxylic acids is 1. The van der Waals surface area contributed by atoms with Crippen LogP contribution in [0.2, 0.25) is 0 Å². The number of hydrogen-bond donors (Lipinski definition) is 3. The number of rotatable bonds is 7. The van der Waals surface area contributed by atoms with Crippen LogP contribution in [-0.2, 0) is 11.2 Å². The second-order valence-electron chi connectivity index (χ2n) is 5.23. The Morgan fingerprint density at radius 2 is 2.10 bits per heavy atom. The van der Waals surface area contributed by atoms with Crippen molar-refractivity contribution < 1.29 is 14.7 Å². The van der Waals surface area contributed by atoms with E-state index >= 15 is 0 Å². The summed E-state index contributed by atoms with van der Waals surface area (Å²) < 4.78 is 0. The van der Waals surface area contributed by atoms with Gasteiger partial charge >= 0.3 is 12.0 Å². The SMILES string of the molecule is CC(C)(CCC(=O)O)NC(=O)NCCc1ccccn1. The van der Waals surface area contributed by atoms with E-state index in [0.29, 0.717) is 19.4 Å². The average Bonchev–Trinajstić information content (AvgIpc) is 2.37. The summed E-state index contributed by atoms with van der Waals surface area (Å²) in [6, 6.07) is 5.35. The Labute approximate surface area is 118 Å². The fraction of sp³-hybridized carbons (Fsp3) is 0.500. The lowest BCUT2D eigenvalue weighted by Gasteiger charge is -2.25. The van der Waals surface area contributed by atoms with Crippen molar-refractivity contribution in [2.24, 2.45) is 0 Å². The number of aromatic nitrogens is 1. The predicted octanol–water partition coefficient (Wildman–Crippen LogP) is 1.57. The molecule has 0 spiro atoms. The molecule has 1 aromatic rings. The Morgan fingerprint density at radius 3 is 2.70 bits per heavy atom. The minimum atomic E-state index is -0.865. The molecule has 0 saturated carbocycles. The van der Waals surface area contributed by atoms with Crippen molar-refractivity contribution in [2.75, 3.05) is 6.54 Å². The van der Waals surface area contributed by atoms with Gasteiger partial charge in [-0.15, -0.1) is 0 Å². The van der Waals surface area contributed by atoms with Gasteiger partial charge in [-0.2, -0.15) is 0 Å². The van der Waals surface area contributed by atoms with Crippen LogP contribution in [0.1, 0.15) is 32.4 Å². The summed E-state index contributed by atoms with van der Waals surface area (Å²) in [6.07, 6.45) is 2.78. The topological polar surface area (TPSA) is 91.3 Å². The minimum Gasteiger partial charge on any atom is -0.481 e. The van der Waals surface area contributed by atoms with Gasteiger partial charge in [-0.3, -0.25) is 9.78 Å². The zero-order valence-electron chi connectivity index (χ0n) is 11.8. The molecule has 0 unspecified atom stereocenters. The van der Waals surface area contributed by atoms with E-state index in [-0.39, 0.29) is 12.5 Å². The van der Waals surface area contributed by atoms with E-state index in [1.807, 2.05) is 18.2 Å². The predicted molar refractivity (Wildman–Crippen MR) is 75.4 cm³/mol. The summed E-state index contributed by atoms with van der Waals surface area (Å²) in [5, 5.41) is 14.1. The molecule has 0 aliphatic carbocycles. The van der Waals surface area contributed by atoms with E-state index in [1.54, 1.807) is 20.0 Å². The highest BCUT2D eigenvalue weighted by molar-refractivity contribution is 5.74. The van der Waals surface area contributed by atoms with Crippen LogP contribution in [0.5, 0.6) is 0 Å². The molecule has 1 heterocycles. The van der Waals surface area contributed by atoms with Crippen LogP contribution < -0.4 is 10.6 Å². The summed E-state index contributed by atoms with van der Waals surface area (Å²) in [7, 11) is 0. The number of hydrogen-bond acceptors (Lipinski definition) is 3. The van der Waals surface area contributed by atoms with Crippen molar-refractivity contribution in [3.8, 4) is 0 Å². The van der Waals surface area contributed by atoms with Gasteiger partial charge in [0.05, 0.1) is 0 Å². The van der Waals surface area contributed by atoms with Crippen molar-refractivity contribution >= 4 is 12.0 Å². The van der Waals surface area contributed by atoms with E-state index in [2.05, 4.69) is 15.6 Å². The highest BCUT2D eigenvalue weighted by Gasteiger charge is 2.21. The molecule has 0 fully saturated rings. The molecule has 3 N–H and O–H groups in total. The molecule has 2 amide bonds. The Bertz CT molecular complexity index is 446. The second-order valence-corrected chi connectivity index (χ2v) is 5.23. The Hall–Kier alpha value is -2.11. The van der Waals surface area contributed by atoms with Gasteiger partial charge in [0.25, 0.3) is 0 Å². The molecule has 6 heteroatoms. The van der Waals surface area contributed by atoms with Gasteiger partial charge in [0.2, 0.25) is 0 Å². The van der Waals surface area contributed by atoms with Gasteiger partial charge in [-0.25, -0.2) is 4.79 Å². The molecule has 0 aromatic carbocycles. The fourth-order valence-corrected chi connectivity index (χ4v) is 1.68. The largest absolute Gasteiger partial charge is 0.481 e. The maximum absolute atomic E-state index is 11.7. The van der Waals surface area contributed by atoms with Crippen molar-refractivity contribution in [1.82, 2.24) is 15.6 Å². The van der Waals surface area contributed by atoms with Crippen molar-refractivity contribution in [3.63, 3.8) is 0 Å². The molecule has 0 radical (unpaired) electrons. The Kier molecular flexibility index (Phi) is 5.96.